The van der Waals surface area contributed by atoms with Crippen LogP contribution in [0.3, 0.4) is 0 Å². The van der Waals surface area contributed by atoms with Crippen LogP contribution in [0.25, 0.3) is 0 Å². The molecular formula is C7H16O3. The summed E-state index contributed by atoms with van der Waals surface area (Å²) in [7, 11) is 3.12. The summed E-state index contributed by atoms with van der Waals surface area (Å²) in [5.41, 5.74) is -0.885. The first-order valence-electron chi connectivity index (χ1n) is 3.28. The molecule has 0 aromatic rings. The highest BCUT2D eigenvalue weighted by Crippen LogP contribution is 2.11. The van der Waals surface area contributed by atoms with Crippen LogP contribution >= 0.6 is 0 Å². The van der Waals surface area contributed by atoms with Crippen LogP contribution < -0.4 is 0 Å². The number of methoxy groups -OCH3 is 2. The van der Waals surface area contributed by atoms with Gasteiger partial charge in [-0.3, -0.25) is 0 Å². The summed E-state index contributed by atoms with van der Waals surface area (Å²) in [6.45, 7) is 3.78. The van der Waals surface area contributed by atoms with Gasteiger partial charge in [-0.25, -0.2) is 0 Å². The van der Waals surface area contributed by atoms with Gasteiger partial charge < -0.3 is 14.6 Å². The fraction of sp³-hybridized carbons (Fsp3) is 1.00. The van der Waals surface area contributed by atoms with Gasteiger partial charge in [0.1, 0.15) is 5.60 Å². The third-order valence-electron chi connectivity index (χ3n) is 1.67. The molecule has 0 bridgehead atoms. The van der Waals surface area contributed by atoms with Crippen LogP contribution in [-0.4, -0.2) is 37.6 Å². The molecule has 62 valence electrons. The van der Waals surface area contributed by atoms with Gasteiger partial charge in [-0.15, -0.1) is 0 Å². The van der Waals surface area contributed by atoms with E-state index >= 15 is 0 Å². The number of hydrogen-bond donors (Lipinski definition) is 1. The van der Waals surface area contributed by atoms with Crippen LogP contribution in [0.4, 0.5) is 0 Å². The van der Waals surface area contributed by atoms with Gasteiger partial charge in [0.25, 0.3) is 0 Å². The Morgan fingerprint density at radius 2 is 2.00 bits per heavy atom. The van der Waals surface area contributed by atoms with Gasteiger partial charge in [0, 0.05) is 14.2 Å². The minimum absolute atomic E-state index is 0.201. The number of rotatable bonds is 4. The zero-order valence-corrected chi connectivity index (χ0v) is 7.05. The fourth-order valence-corrected chi connectivity index (χ4v) is 0.663. The van der Waals surface area contributed by atoms with E-state index in [1.807, 2.05) is 0 Å². The van der Waals surface area contributed by atoms with Crippen molar-refractivity contribution in [3.8, 4) is 0 Å². The Bertz CT molecular complexity index is 90.9. The Morgan fingerprint density at radius 3 is 2.30 bits per heavy atom. The third kappa shape index (κ3) is 2.64. The van der Waals surface area contributed by atoms with Crippen LogP contribution in [-0.2, 0) is 9.47 Å². The predicted molar refractivity (Wildman–Crippen MR) is 39.0 cm³/mol. The van der Waals surface area contributed by atoms with E-state index in [0.717, 1.165) is 0 Å². The third-order valence-corrected chi connectivity index (χ3v) is 1.67. The monoisotopic (exact) mass is 148 g/mol. The number of aliphatic hydroxyl groups is 1. The molecule has 0 fully saturated rings. The summed E-state index contributed by atoms with van der Waals surface area (Å²) < 4.78 is 9.74. The van der Waals surface area contributed by atoms with Crippen LogP contribution in [0.2, 0.25) is 0 Å². The summed E-state index contributed by atoms with van der Waals surface area (Å²) in [5.74, 6) is 0. The van der Waals surface area contributed by atoms with E-state index in [4.69, 9.17) is 9.47 Å². The molecule has 0 aliphatic rings. The van der Waals surface area contributed by atoms with Crippen molar-refractivity contribution in [3.63, 3.8) is 0 Å². The highest BCUT2D eigenvalue weighted by Gasteiger charge is 2.27. The largest absolute Gasteiger partial charge is 0.385 e. The molecule has 10 heavy (non-hydrogen) atoms. The lowest BCUT2D eigenvalue weighted by atomic mass is 10.0. The first-order valence-corrected chi connectivity index (χ1v) is 3.28. The Labute approximate surface area is 62.0 Å². The van der Waals surface area contributed by atoms with Crippen LogP contribution in [0.1, 0.15) is 13.8 Å². The van der Waals surface area contributed by atoms with Gasteiger partial charge in [0.05, 0.1) is 12.7 Å². The predicted octanol–water partition coefficient (Wildman–Crippen LogP) is 0.419. The lowest BCUT2D eigenvalue weighted by Gasteiger charge is -2.27. The SMILES string of the molecule is COCC(C)(O)C(C)OC. The molecule has 0 heterocycles. The Hall–Kier alpha value is -0.120. The van der Waals surface area contributed by atoms with Gasteiger partial charge in [0.2, 0.25) is 0 Å². The second-order valence-corrected chi connectivity index (χ2v) is 2.67. The molecule has 0 aromatic heterocycles. The highest BCUT2D eigenvalue weighted by atomic mass is 16.5. The lowest BCUT2D eigenvalue weighted by Crippen LogP contribution is -2.42. The van der Waals surface area contributed by atoms with Gasteiger partial charge in [-0.2, -0.15) is 0 Å². The molecule has 0 aromatic carbocycles. The molecule has 1 N–H and O–H groups in total. The van der Waals surface area contributed by atoms with E-state index < -0.39 is 5.60 Å². The maximum absolute atomic E-state index is 9.53. The van der Waals surface area contributed by atoms with Crippen molar-refractivity contribution in [1.82, 2.24) is 0 Å². The summed E-state index contributed by atoms with van der Waals surface area (Å²) in [5, 5.41) is 9.53. The zero-order chi connectivity index (χ0) is 8.20. The Balaban J connectivity index is 3.82. The minimum atomic E-state index is -0.885. The topological polar surface area (TPSA) is 38.7 Å². The van der Waals surface area contributed by atoms with E-state index in [1.54, 1.807) is 28.1 Å². The Morgan fingerprint density at radius 1 is 1.50 bits per heavy atom. The molecule has 2 unspecified atom stereocenters. The molecule has 0 radical (unpaired) electrons. The quantitative estimate of drug-likeness (QED) is 0.628. The second kappa shape index (κ2) is 3.91. The standard InChI is InChI=1S/C7H16O3/c1-6(10-4)7(2,8)5-9-3/h6,8H,5H2,1-4H3. The fourth-order valence-electron chi connectivity index (χ4n) is 0.663. The number of hydrogen-bond acceptors (Lipinski definition) is 3. The first-order chi connectivity index (χ1) is 4.54. The van der Waals surface area contributed by atoms with E-state index in [-0.39, 0.29) is 6.10 Å². The highest BCUT2D eigenvalue weighted by molar-refractivity contribution is 4.78. The van der Waals surface area contributed by atoms with Crippen molar-refractivity contribution >= 4 is 0 Å². The lowest BCUT2D eigenvalue weighted by molar-refractivity contribution is -0.107. The molecule has 0 aliphatic heterocycles. The van der Waals surface area contributed by atoms with Crippen LogP contribution in [0, 0.1) is 0 Å². The van der Waals surface area contributed by atoms with Crippen molar-refractivity contribution < 1.29 is 14.6 Å². The zero-order valence-electron chi connectivity index (χ0n) is 7.05. The average Bonchev–Trinajstić information content (AvgIpc) is 1.86. The van der Waals surface area contributed by atoms with Gasteiger partial charge in [-0.05, 0) is 13.8 Å². The molecule has 0 spiro atoms. The molecule has 3 heteroatoms. The van der Waals surface area contributed by atoms with Crippen molar-refractivity contribution in [2.45, 2.75) is 25.6 Å². The summed E-state index contributed by atoms with van der Waals surface area (Å²) in [6, 6.07) is 0. The van der Waals surface area contributed by atoms with Gasteiger partial charge in [0.15, 0.2) is 0 Å². The summed E-state index contributed by atoms with van der Waals surface area (Å²) >= 11 is 0. The van der Waals surface area contributed by atoms with Crippen molar-refractivity contribution in [3.05, 3.63) is 0 Å². The molecule has 2 atom stereocenters. The van der Waals surface area contributed by atoms with E-state index in [1.165, 1.54) is 0 Å². The maximum atomic E-state index is 9.53. The smallest absolute Gasteiger partial charge is 0.111 e. The van der Waals surface area contributed by atoms with E-state index in [2.05, 4.69) is 0 Å². The van der Waals surface area contributed by atoms with Crippen LogP contribution in [0.15, 0.2) is 0 Å². The minimum Gasteiger partial charge on any atom is -0.385 e. The van der Waals surface area contributed by atoms with Crippen molar-refractivity contribution in [1.29, 1.82) is 0 Å². The molecule has 0 rings (SSSR count). The average molecular weight is 148 g/mol. The van der Waals surface area contributed by atoms with E-state index in [0.29, 0.717) is 6.61 Å². The maximum Gasteiger partial charge on any atom is 0.111 e. The second-order valence-electron chi connectivity index (χ2n) is 2.67. The van der Waals surface area contributed by atoms with Crippen molar-refractivity contribution in [2.24, 2.45) is 0 Å². The summed E-state index contributed by atoms with van der Waals surface area (Å²) in [4.78, 5) is 0. The van der Waals surface area contributed by atoms with Gasteiger partial charge in [-0.1, -0.05) is 0 Å². The molecule has 0 saturated heterocycles. The van der Waals surface area contributed by atoms with Crippen LogP contribution in [0.5, 0.6) is 0 Å². The first kappa shape index (κ1) is 9.88. The van der Waals surface area contributed by atoms with Crippen molar-refractivity contribution in [2.75, 3.05) is 20.8 Å². The molecule has 0 aliphatic carbocycles. The molecular weight excluding hydrogens is 132 g/mol. The Kier molecular flexibility index (Phi) is 3.86. The van der Waals surface area contributed by atoms with Gasteiger partial charge >= 0.3 is 0 Å². The summed E-state index contributed by atoms with van der Waals surface area (Å²) in [6.07, 6.45) is -0.201. The molecule has 0 saturated carbocycles. The molecule has 0 amide bonds. The number of ether oxygens (including phenoxy) is 2. The normalized spacial score (nSPS) is 20.1. The molecule has 3 nitrogen and oxygen atoms in total. The van der Waals surface area contributed by atoms with E-state index in [9.17, 15) is 5.11 Å².